The van der Waals surface area contributed by atoms with Crippen molar-refractivity contribution < 1.29 is 9.13 Å². The first kappa shape index (κ1) is 14.2. The van der Waals surface area contributed by atoms with Gasteiger partial charge in [0.25, 0.3) is 0 Å². The fourth-order valence-electron chi connectivity index (χ4n) is 2.71. The summed E-state index contributed by atoms with van der Waals surface area (Å²) < 4.78 is 18.0. The number of benzene rings is 1. The lowest BCUT2D eigenvalue weighted by Crippen LogP contribution is -2.36. The normalized spacial score (nSPS) is 17.2. The molecule has 0 unspecified atom stereocenters. The maximum Gasteiger partial charge on any atom is 0.316 e. The van der Waals surface area contributed by atoms with Crippen LogP contribution in [0.15, 0.2) is 30.5 Å². The molecule has 0 saturated carbocycles. The lowest BCUT2D eigenvalue weighted by Gasteiger charge is -2.30. The molecule has 1 fully saturated rings. The van der Waals surface area contributed by atoms with E-state index in [4.69, 9.17) is 4.74 Å². The highest BCUT2D eigenvalue weighted by Crippen LogP contribution is 2.19. The molecule has 1 aliphatic rings. The van der Waals surface area contributed by atoms with Gasteiger partial charge in [-0.1, -0.05) is 18.2 Å². The van der Waals surface area contributed by atoms with Crippen LogP contribution < -0.4 is 4.74 Å². The molecular formula is C16H20FN3O. The largest absolute Gasteiger partial charge is 0.463 e. The van der Waals surface area contributed by atoms with Gasteiger partial charge in [-0.15, -0.1) is 0 Å². The fraction of sp³-hybridized carbons (Fsp3) is 0.500. The van der Waals surface area contributed by atoms with Crippen molar-refractivity contribution in [3.8, 4) is 6.01 Å². The second-order valence-electron chi connectivity index (χ2n) is 5.50. The van der Waals surface area contributed by atoms with E-state index in [1.807, 2.05) is 24.3 Å². The Bertz CT molecular complexity index is 584. The van der Waals surface area contributed by atoms with Crippen molar-refractivity contribution in [2.75, 3.05) is 32.9 Å². The first-order valence-electron chi connectivity index (χ1n) is 7.48. The number of aromatic nitrogens is 2. The number of nitrogens with zero attached hydrogens (tertiary/aromatic N) is 3. The summed E-state index contributed by atoms with van der Waals surface area (Å²) in [5, 5.41) is 1.02. The number of piperidine rings is 1. The van der Waals surface area contributed by atoms with Gasteiger partial charge in [-0.2, -0.15) is 4.98 Å². The summed E-state index contributed by atoms with van der Waals surface area (Å²) in [5.41, 5.74) is 0.903. The van der Waals surface area contributed by atoms with Crippen molar-refractivity contribution in [3.63, 3.8) is 0 Å². The van der Waals surface area contributed by atoms with Crippen molar-refractivity contribution in [3.05, 3.63) is 30.5 Å². The van der Waals surface area contributed by atoms with Crippen LogP contribution in [-0.2, 0) is 0 Å². The lowest BCUT2D eigenvalue weighted by atomic mass is 9.98. The molecule has 112 valence electrons. The van der Waals surface area contributed by atoms with Gasteiger partial charge in [-0.05, 0) is 37.9 Å². The van der Waals surface area contributed by atoms with Crippen molar-refractivity contribution in [2.24, 2.45) is 5.92 Å². The standard InChI is InChI=1S/C16H20FN3O/c17-7-10-20-8-5-13(6-9-20)12-21-16-18-11-14-3-1-2-4-15(14)19-16/h1-4,11,13H,5-10,12H2. The zero-order chi connectivity index (χ0) is 14.5. The van der Waals surface area contributed by atoms with Crippen molar-refractivity contribution >= 4 is 10.9 Å². The third kappa shape index (κ3) is 3.67. The van der Waals surface area contributed by atoms with Crippen LogP contribution in [0, 0.1) is 5.92 Å². The molecular weight excluding hydrogens is 269 g/mol. The second kappa shape index (κ2) is 6.80. The number of hydrogen-bond acceptors (Lipinski definition) is 4. The van der Waals surface area contributed by atoms with Gasteiger partial charge in [0.2, 0.25) is 0 Å². The maximum atomic E-state index is 12.3. The second-order valence-corrected chi connectivity index (χ2v) is 5.50. The van der Waals surface area contributed by atoms with Gasteiger partial charge in [0.1, 0.15) is 6.67 Å². The van der Waals surface area contributed by atoms with E-state index < -0.39 is 0 Å². The summed E-state index contributed by atoms with van der Waals surface area (Å²) in [6, 6.07) is 8.32. The zero-order valence-electron chi connectivity index (χ0n) is 12.0. The van der Waals surface area contributed by atoms with Gasteiger partial charge in [-0.25, -0.2) is 9.37 Å². The number of ether oxygens (including phenoxy) is 1. The summed E-state index contributed by atoms with van der Waals surface area (Å²) in [7, 11) is 0. The monoisotopic (exact) mass is 289 g/mol. The minimum atomic E-state index is -0.258. The molecule has 3 rings (SSSR count). The number of hydrogen-bond donors (Lipinski definition) is 0. The van der Waals surface area contributed by atoms with Crippen LogP contribution in [0.2, 0.25) is 0 Å². The molecule has 0 amide bonds. The highest BCUT2D eigenvalue weighted by molar-refractivity contribution is 5.77. The molecule has 1 saturated heterocycles. The molecule has 1 aromatic heterocycles. The molecule has 0 N–H and O–H groups in total. The summed E-state index contributed by atoms with van der Waals surface area (Å²) in [6.45, 7) is 2.85. The molecule has 0 spiro atoms. The number of fused-ring (bicyclic) bond motifs is 1. The number of rotatable bonds is 5. The lowest BCUT2D eigenvalue weighted by molar-refractivity contribution is 0.131. The van der Waals surface area contributed by atoms with E-state index in [0.717, 1.165) is 36.8 Å². The first-order chi connectivity index (χ1) is 10.3. The summed E-state index contributed by atoms with van der Waals surface area (Å²) in [4.78, 5) is 10.8. The average Bonchev–Trinajstić information content (AvgIpc) is 2.54. The Kier molecular flexibility index (Phi) is 4.60. The molecule has 0 atom stereocenters. The van der Waals surface area contributed by atoms with Gasteiger partial charge in [-0.3, -0.25) is 0 Å². The van der Waals surface area contributed by atoms with Crippen LogP contribution in [0.5, 0.6) is 6.01 Å². The number of likely N-dealkylation sites (tertiary alicyclic amines) is 1. The van der Waals surface area contributed by atoms with Gasteiger partial charge in [0.05, 0.1) is 12.1 Å². The van der Waals surface area contributed by atoms with Crippen LogP contribution in [-0.4, -0.2) is 47.8 Å². The molecule has 0 aliphatic carbocycles. The molecule has 5 heteroatoms. The fourth-order valence-corrected chi connectivity index (χ4v) is 2.71. The van der Waals surface area contributed by atoms with Crippen molar-refractivity contribution in [1.29, 1.82) is 0 Å². The Hall–Kier alpha value is -1.75. The maximum absolute atomic E-state index is 12.3. The third-order valence-corrected chi connectivity index (χ3v) is 4.02. The molecule has 21 heavy (non-hydrogen) atoms. The number of alkyl halides is 1. The van der Waals surface area contributed by atoms with E-state index in [1.165, 1.54) is 0 Å². The van der Waals surface area contributed by atoms with Gasteiger partial charge >= 0.3 is 6.01 Å². The van der Waals surface area contributed by atoms with Crippen LogP contribution in [0.3, 0.4) is 0 Å². The molecule has 2 aromatic rings. The Morgan fingerprint density at radius 3 is 2.86 bits per heavy atom. The zero-order valence-corrected chi connectivity index (χ0v) is 12.0. The summed E-state index contributed by atoms with van der Waals surface area (Å²) in [6.07, 6.45) is 3.89. The van der Waals surface area contributed by atoms with E-state index >= 15 is 0 Å². The molecule has 0 radical (unpaired) electrons. The SMILES string of the molecule is FCCN1CCC(COc2ncc3ccccc3n2)CC1. The van der Waals surface area contributed by atoms with Gasteiger partial charge in [0.15, 0.2) is 0 Å². The van der Waals surface area contributed by atoms with Gasteiger partial charge in [0, 0.05) is 18.1 Å². The molecule has 1 aromatic carbocycles. The van der Waals surface area contributed by atoms with Crippen LogP contribution in [0.1, 0.15) is 12.8 Å². The molecule has 1 aliphatic heterocycles. The Morgan fingerprint density at radius 1 is 1.24 bits per heavy atom. The third-order valence-electron chi connectivity index (χ3n) is 4.02. The van der Waals surface area contributed by atoms with E-state index in [-0.39, 0.29) is 6.67 Å². The summed E-state index contributed by atoms with van der Waals surface area (Å²) in [5.74, 6) is 0.510. The summed E-state index contributed by atoms with van der Waals surface area (Å²) >= 11 is 0. The predicted molar refractivity (Wildman–Crippen MR) is 80.2 cm³/mol. The Labute approximate surface area is 124 Å². The first-order valence-corrected chi connectivity index (χ1v) is 7.48. The minimum Gasteiger partial charge on any atom is -0.463 e. The van der Waals surface area contributed by atoms with E-state index in [9.17, 15) is 4.39 Å². The Balaban J connectivity index is 1.52. The quantitative estimate of drug-likeness (QED) is 0.848. The van der Waals surface area contributed by atoms with Gasteiger partial charge < -0.3 is 9.64 Å². The smallest absolute Gasteiger partial charge is 0.316 e. The van der Waals surface area contributed by atoms with E-state index in [1.54, 1.807) is 6.20 Å². The molecule has 2 heterocycles. The highest BCUT2D eigenvalue weighted by atomic mass is 19.1. The topological polar surface area (TPSA) is 38.2 Å². The molecule has 0 bridgehead atoms. The average molecular weight is 289 g/mol. The molecule has 4 nitrogen and oxygen atoms in total. The van der Waals surface area contributed by atoms with Crippen LogP contribution >= 0.6 is 0 Å². The highest BCUT2D eigenvalue weighted by Gasteiger charge is 2.19. The number of para-hydroxylation sites is 1. The predicted octanol–water partition coefficient (Wildman–Crippen LogP) is 2.69. The van der Waals surface area contributed by atoms with Crippen LogP contribution in [0.4, 0.5) is 4.39 Å². The van der Waals surface area contributed by atoms with E-state index in [2.05, 4.69) is 14.9 Å². The minimum absolute atomic E-state index is 0.258. The van der Waals surface area contributed by atoms with Crippen molar-refractivity contribution in [2.45, 2.75) is 12.8 Å². The van der Waals surface area contributed by atoms with E-state index in [0.29, 0.717) is 25.1 Å². The Morgan fingerprint density at radius 2 is 2.05 bits per heavy atom. The van der Waals surface area contributed by atoms with Crippen LogP contribution in [0.25, 0.3) is 10.9 Å². The number of halogens is 1. The van der Waals surface area contributed by atoms with Crippen molar-refractivity contribution in [1.82, 2.24) is 14.9 Å².